The maximum atomic E-state index is 11.6. The summed E-state index contributed by atoms with van der Waals surface area (Å²) in [7, 11) is 0.196. The van der Waals surface area contributed by atoms with Crippen LogP contribution in [0.15, 0.2) is 23.3 Å². The van der Waals surface area contributed by atoms with Crippen molar-refractivity contribution >= 4 is 51.6 Å². The van der Waals surface area contributed by atoms with Gasteiger partial charge in [-0.2, -0.15) is 0 Å². The number of halogens is 2. The number of pyridine rings is 1. The molecule has 25 heavy (non-hydrogen) atoms. The van der Waals surface area contributed by atoms with E-state index in [0.717, 1.165) is 12.0 Å². The zero-order valence-corrected chi connectivity index (χ0v) is 18.7. The summed E-state index contributed by atoms with van der Waals surface area (Å²) in [6.07, 6.45) is 3.27. The van der Waals surface area contributed by atoms with Crippen molar-refractivity contribution in [1.82, 2.24) is 19.9 Å². The van der Waals surface area contributed by atoms with Crippen LogP contribution >= 0.6 is 35.6 Å². The summed E-state index contributed by atoms with van der Waals surface area (Å²) in [5, 5.41) is 6.86. The molecule has 0 unspecified atom stereocenters. The lowest BCUT2D eigenvalue weighted by Crippen LogP contribution is -2.39. The monoisotopic (exact) mass is 503 g/mol. The highest BCUT2D eigenvalue weighted by atomic mass is 127. The van der Waals surface area contributed by atoms with Gasteiger partial charge < -0.3 is 10.6 Å². The van der Waals surface area contributed by atoms with E-state index in [1.54, 1.807) is 33.3 Å². The molecule has 0 saturated carbocycles. The molecule has 144 valence electrons. The van der Waals surface area contributed by atoms with Crippen LogP contribution in [0.4, 0.5) is 0 Å². The van der Waals surface area contributed by atoms with Crippen LogP contribution in [0.2, 0.25) is 5.15 Å². The van der Waals surface area contributed by atoms with Crippen LogP contribution in [-0.2, 0) is 16.4 Å². The quantitative estimate of drug-likeness (QED) is 0.176. The van der Waals surface area contributed by atoms with Gasteiger partial charge in [0.05, 0.1) is 5.75 Å². The molecule has 0 radical (unpaired) electrons. The highest BCUT2D eigenvalue weighted by molar-refractivity contribution is 14.0. The van der Waals surface area contributed by atoms with Gasteiger partial charge >= 0.3 is 0 Å². The number of nitrogens with zero attached hydrogens (tertiary/aromatic N) is 3. The Kier molecular flexibility index (Phi) is 12.3. The van der Waals surface area contributed by atoms with Crippen LogP contribution in [0, 0.1) is 0 Å². The normalized spacial score (nSPS) is 12.0. The summed E-state index contributed by atoms with van der Waals surface area (Å²) < 4.78 is 24.7. The maximum absolute atomic E-state index is 11.6. The van der Waals surface area contributed by atoms with Gasteiger partial charge in [-0.15, -0.1) is 24.0 Å². The van der Waals surface area contributed by atoms with Crippen molar-refractivity contribution in [1.29, 1.82) is 0 Å². The molecule has 0 aromatic carbocycles. The fourth-order valence-electron chi connectivity index (χ4n) is 1.97. The minimum atomic E-state index is -3.11. The van der Waals surface area contributed by atoms with Gasteiger partial charge in [-0.05, 0) is 31.4 Å². The van der Waals surface area contributed by atoms with Gasteiger partial charge in [-0.25, -0.2) is 17.7 Å². The van der Waals surface area contributed by atoms with E-state index in [9.17, 15) is 8.42 Å². The highest BCUT2D eigenvalue weighted by Gasteiger charge is 2.13. The van der Waals surface area contributed by atoms with Gasteiger partial charge in [0.15, 0.2) is 5.96 Å². The fourth-order valence-corrected chi connectivity index (χ4v) is 2.93. The van der Waals surface area contributed by atoms with Crippen molar-refractivity contribution in [2.45, 2.75) is 19.8 Å². The van der Waals surface area contributed by atoms with E-state index < -0.39 is 10.0 Å². The Morgan fingerprint density at radius 3 is 2.56 bits per heavy atom. The molecular weight excluding hydrogens is 477 g/mol. The van der Waals surface area contributed by atoms with Gasteiger partial charge in [-0.1, -0.05) is 17.7 Å². The summed E-state index contributed by atoms with van der Waals surface area (Å²) in [6.45, 7) is 3.49. The third-order valence-corrected chi connectivity index (χ3v) is 5.59. The predicted octanol–water partition coefficient (Wildman–Crippen LogP) is 1.73. The lowest BCUT2D eigenvalue weighted by atomic mass is 10.2. The van der Waals surface area contributed by atoms with Gasteiger partial charge in [0.1, 0.15) is 5.15 Å². The molecule has 2 N–H and O–H groups in total. The van der Waals surface area contributed by atoms with Crippen LogP contribution in [0.5, 0.6) is 0 Å². The lowest BCUT2D eigenvalue weighted by Gasteiger charge is -2.16. The summed E-state index contributed by atoms with van der Waals surface area (Å²) in [5.74, 6) is 0.817. The highest BCUT2D eigenvalue weighted by Crippen LogP contribution is 2.05. The minimum Gasteiger partial charge on any atom is -0.356 e. The Balaban J connectivity index is 0.00000576. The van der Waals surface area contributed by atoms with Crippen molar-refractivity contribution in [3.05, 3.63) is 29.0 Å². The third kappa shape index (κ3) is 9.57. The molecule has 1 aromatic heterocycles. The fraction of sp³-hybridized carbons (Fsp3) is 0.600. The van der Waals surface area contributed by atoms with Crippen LogP contribution in [0.25, 0.3) is 0 Å². The number of nitrogens with one attached hydrogen (secondary N) is 2. The number of hydrogen-bond donors (Lipinski definition) is 2. The molecular formula is C15H27ClIN5O2S. The Morgan fingerprint density at radius 2 is 2.00 bits per heavy atom. The molecule has 7 nitrogen and oxygen atoms in total. The Labute approximate surface area is 172 Å². The molecule has 0 aliphatic carbocycles. The molecule has 0 aliphatic rings. The van der Waals surface area contributed by atoms with Gasteiger partial charge in [0, 0.05) is 39.9 Å². The van der Waals surface area contributed by atoms with E-state index in [0.29, 0.717) is 37.2 Å². The Morgan fingerprint density at radius 1 is 1.32 bits per heavy atom. The first-order chi connectivity index (χ1) is 11.4. The molecule has 1 aromatic rings. The van der Waals surface area contributed by atoms with Crippen molar-refractivity contribution in [3.63, 3.8) is 0 Å². The van der Waals surface area contributed by atoms with Gasteiger partial charge in [0.2, 0.25) is 10.0 Å². The molecule has 0 atom stereocenters. The molecule has 0 bridgehead atoms. The third-order valence-electron chi connectivity index (χ3n) is 3.50. The summed E-state index contributed by atoms with van der Waals surface area (Å²) in [6, 6.07) is 3.71. The SMILES string of the molecule is CCS(=O)(=O)N(C)CCCNC(=NC)NCCc1ccc(Cl)nc1.I. The standard InChI is InChI=1S/C15H26ClN5O2S.HI/c1-4-24(22,23)21(3)11-5-9-18-15(17-2)19-10-8-13-6-7-14(16)20-12-13;/h6-7,12H,4-5,8-11H2,1-3H3,(H2,17,18,19);1H. The first-order valence-electron chi connectivity index (χ1n) is 7.88. The molecule has 1 rings (SSSR count). The average molecular weight is 504 g/mol. The second kappa shape index (κ2) is 12.7. The maximum Gasteiger partial charge on any atom is 0.213 e. The zero-order chi connectivity index (χ0) is 18.0. The van der Waals surface area contributed by atoms with E-state index in [1.165, 1.54) is 4.31 Å². The first kappa shape index (κ1) is 24.4. The van der Waals surface area contributed by atoms with Crippen LogP contribution in [0.3, 0.4) is 0 Å². The van der Waals surface area contributed by atoms with Gasteiger partial charge in [-0.3, -0.25) is 4.99 Å². The summed E-state index contributed by atoms with van der Waals surface area (Å²) in [5.41, 5.74) is 1.09. The number of aromatic nitrogens is 1. The van der Waals surface area contributed by atoms with Crippen molar-refractivity contribution in [2.75, 3.05) is 39.5 Å². The Hall–Kier alpha value is -0.650. The number of rotatable bonds is 9. The van der Waals surface area contributed by atoms with E-state index in [4.69, 9.17) is 11.6 Å². The molecule has 0 fully saturated rings. The zero-order valence-electron chi connectivity index (χ0n) is 14.8. The van der Waals surface area contributed by atoms with Gasteiger partial charge in [0.25, 0.3) is 0 Å². The molecule has 10 heteroatoms. The van der Waals surface area contributed by atoms with Crippen molar-refractivity contribution < 1.29 is 8.42 Å². The largest absolute Gasteiger partial charge is 0.356 e. The number of aliphatic imine (C=N–C) groups is 1. The van der Waals surface area contributed by atoms with E-state index >= 15 is 0 Å². The van der Waals surface area contributed by atoms with Crippen molar-refractivity contribution in [2.24, 2.45) is 4.99 Å². The Bertz CT molecular complexity index is 625. The molecule has 0 amide bonds. The summed E-state index contributed by atoms with van der Waals surface area (Å²) >= 11 is 5.75. The number of guanidine groups is 1. The van der Waals surface area contributed by atoms with E-state index in [-0.39, 0.29) is 29.7 Å². The number of sulfonamides is 1. The smallest absolute Gasteiger partial charge is 0.213 e. The predicted molar refractivity (Wildman–Crippen MR) is 114 cm³/mol. The second-order valence-corrected chi connectivity index (χ2v) is 7.99. The minimum absolute atomic E-state index is 0. The molecule has 0 saturated heterocycles. The molecule has 0 aliphatic heterocycles. The topological polar surface area (TPSA) is 86.7 Å². The first-order valence-corrected chi connectivity index (χ1v) is 9.86. The summed E-state index contributed by atoms with van der Waals surface area (Å²) in [4.78, 5) is 8.18. The van der Waals surface area contributed by atoms with Crippen molar-refractivity contribution in [3.8, 4) is 0 Å². The second-order valence-electron chi connectivity index (χ2n) is 5.24. The van der Waals surface area contributed by atoms with E-state index in [2.05, 4.69) is 20.6 Å². The van der Waals surface area contributed by atoms with E-state index in [1.807, 2.05) is 6.07 Å². The lowest BCUT2D eigenvalue weighted by molar-refractivity contribution is 0.461. The number of hydrogen-bond acceptors (Lipinski definition) is 4. The molecule has 0 spiro atoms. The average Bonchev–Trinajstić information content (AvgIpc) is 2.58. The van der Waals surface area contributed by atoms with Crippen LogP contribution in [-0.4, -0.2) is 63.1 Å². The van der Waals surface area contributed by atoms with Crippen LogP contribution in [0.1, 0.15) is 18.9 Å². The van der Waals surface area contributed by atoms with Crippen LogP contribution < -0.4 is 10.6 Å². The molecule has 1 heterocycles.